The Bertz CT molecular complexity index is 300. The lowest BCUT2D eigenvalue weighted by Gasteiger charge is -2.10. The molecule has 0 N–H and O–H groups in total. The fourth-order valence-corrected chi connectivity index (χ4v) is 1.89. The second-order valence-corrected chi connectivity index (χ2v) is 3.28. The molecule has 0 saturated carbocycles. The first-order valence-electron chi connectivity index (χ1n) is 3.28. The summed E-state index contributed by atoms with van der Waals surface area (Å²) in [5.41, 5.74) is 1.58. The Labute approximate surface area is 68.2 Å². The average molecular weight is 166 g/mol. The molecular weight excluding hydrogens is 160 g/mol. The van der Waals surface area contributed by atoms with Crippen LogP contribution in [0.1, 0.15) is 16.1 Å². The second kappa shape index (κ2) is 2.62. The highest BCUT2D eigenvalue weighted by atomic mass is 32.2. The normalized spacial score (nSPS) is 16.2. The van der Waals surface area contributed by atoms with Crippen molar-refractivity contribution < 1.29 is 4.79 Å². The number of hydrogen-bond acceptors (Lipinski definition) is 4. The van der Waals surface area contributed by atoms with Gasteiger partial charge in [0.05, 0.1) is 17.0 Å². The molecule has 1 aromatic rings. The summed E-state index contributed by atoms with van der Waals surface area (Å²) in [6.45, 7) is 0. The summed E-state index contributed by atoms with van der Waals surface area (Å²) >= 11 is 1.61. The van der Waals surface area contributed by atoms with Crippen LogP contribution in [0.5, 0.6) is 0 Å². The summed E-state index contributed by atoms with van der Waals surface area (Å²) in [4.78, 5) is 19.0. The quantitative estimate of drug-likeness (QED) is 0.574. The smallest absolute Gasteiger partial charge is 0.176 e. The second-order valence-electron chi connectivity index (χ2n) is 2.30. The number of hydrogen-bond donors (Lipinski definition) is 0. The summed E-state index contributed by atoms with van der Waals surface area (Å²) in [6, 6.07) is 0. The Kier molecular flexibility index (Phi) is 1.62. The minimum absolute atomic E-state index is 0.150. The van der Waals surface area contributed by atoms with Gasteiger partial charge in [0.15, 0.2) is 5.78 Å². The molecule has 0 saturated heterocycles. The molecule has 1 aromatic heterocycles. The van der Waals surface area contributed by atoms with Crippen LogP contribution in [0.25, 0.3) is 0 Å². The van der Waals surface area contributed by atoms with Crippen molar-refractivity contribution in [3.05, 3.63) is 23.8 Å². The SMILES string of the molecule is O=C1CSCc2ncncc21. The van der Waals surface area contributed by atoms with E-state index < -0.39 is 0 Å². The monoisotopic (exact) mass is 166 g/mol. The predicted molar refractivity (Wildman–Crippen MR) is 42.5 cm³/mol. The lowest BCUT2D eigenvalue weighted by molar-refractivity contribution is 0.101. The Morgan fingerprint density at radius 3 is 3.18 bits per heavy atom. The molecule has 0 amide bonds. The number of carbonyl (C=O) groups excluding carboxylic acids is 1. The Morgan fingerprint density at radius 2 is 2.36 bits per heavy atom. The van der Waals surface area contributed by atoms with E-state index in [9.17, 15) is 4.79 Å². The van der Waals surface area contributed by atoms with Crippen LogP contribution in [-0.2, 0) is 5.75 Å². The number of thioether (sulfide) groups is 1. The standard InChI is InChI=1S/C7H6N2OS/c10-7-3-11-2-6-5(7)1-8-4-9-6/h1,4H,2-3H2. The van der Waals surface area contributed by atoms with Gasteiger partial charge >= 0.3 is 0 Å². The summed E-state index contributed by atoms with van der Waals surface area (Å²) in [5.74, 6) is 1.56. The molecule has 56 valence electrons. The molecule has 0 spiro atoms. The van der Waals surface area contributed by atoms with E-state index in [2.05, 4.69) is 9.97 Å². The third-order valence-electron chi connectivity index (χ3n) is 1.57. The van der Waals surface area contributed by atoms with Gasteiger partial charge in [0, 0.05) is 11.9 Å². The minimum Gasteiger partial charge on any atom is -0.293 e. The molecule has 0 fully saturated rings. The van der Waals surface area contributed by atoms with Gasteiger partial charge in [-0.3, -0.25) is 4.79 Å². The summed E-state index contributed by atoms with van der Waals surface area (Å²) in [6.07, 6.45) is 3.09. The minimum atomic E-state index is 0.150. The van der Waals surface area contributed by atoms with Crippen LogP contribution >= 0.6 is 11.8 Å². The fourth-order valence-electron chi connectivity index (χ4n) is 1.02. The number of ketones is 1. The third-order valence-corrected chi connectivity index (χ3v) is 2.51. The van der Waals surface area contributed by atoms with E-state index in [1.54, 1.807) is 18.0 Å². The maximum Gasteiger partial charge on any atom is 0.176 e. The molecule has 11 heavy (non-hydrogen) atoms. The zero-order chi connectivity index (χ0) is 7.68. The Morgan fingerprint density at radius 1 is 1.45 bits per heavy atom. The van der Waals surface area contributed by atoms with E-state index in [0.717, 1.165) is 11.4 Å². The first-order chi connectivity index (χ1) is 5.38. The summed E-state index contributed by atoms with van der Waals surface area (Å²) in [7, 11) is 0. The van der Waals surface area contributed by atoms with Crippen molar-refractivity contribution in [3.63, 3.8) is 0 Å². The van der Waals surface area contributed by atoms with Gasteiger partial charge in [0.2, 0.25) is 0 Å². The van der Waals surface area contributed by atoms with Crippen molar-refractivity contribution in [2.24, 2.45) is 0 Å². The number of fused-ring (bicyclic) bond motifs is 1. The van der Waals surface area contributed by atoms with Crippen molar-refractivity contribution in [3.8, 4) is 0 Å². The van der Waals surface area contributed by atoms with Crippen LogP contribution < -0.4 is 0 Å². The van der Waals surface area contributed by atoms with E-state index in [-0.39, 0.29) is 5.78 Å². The van der Waals surface area contributed by atoms with Gasteiger partial charge in [-0.25, -0.2) is 9.97 Å². The first kappa shape index (κ1) is 6.79. The van der Waals surface area contributed by atoms with E-state index in [0.29, 0.717) is 11.3 Å². The van der Waals surface area contributed by atoms with Crippen LogP contribution in [0.4, 0.5) is 0 Å². The molecule has 0 bridgehead atoms. The Hall–Kier alpha value is -0.900. The molecule has 2 rings (SSSR count). The third kappa shape index (κ3) is 1.14. The molecule has 0 aromatic carbocycles. The van der Waals surface area contributed by atoms with Crippen molar-refractivity contribution >= 4 is 17.5 Å². The van der Waals surface area contributed by atoms with Crippen molar-refractivity contribution in [1.29, 1.82) is 0 Å². The van der Waals surface area contributed by atoms with Crippen LogP contribution in [0.3, 0.4) is 0 Å². The van der Waals surface area contributed by atoms with Crippen molar-refractivity contribution in [2.45, 2.75) is 5.75 Å². The van der Waals surface area contributed by atoms with Crippen molar-refractivity contribution in [2.75, 3.05) is 5.75 Å². The fraction of sp³-hybridized carbons (Fsp3) is 0.286. The van der Waals surface area contributed by atoms with Crippen LogP contribution in [0.15, 0.2) is 12.5 Å². The maximum absolute atomic E-state index is 11.2. The largest absolute Gasteiger partial charge is 0.293 e. The highest BCUT2D eigenvalue weighted by Gasteiger charge is 2.17. The molecule has 0 unspecified atom stereocenters. The first-order valence-corrected chi connectivity index (χ1v) is 4.43. The lowest BCUT2D eigenvalue weighted by Crippen LogP contribution is -2.13. The van der Waals surface area contributed by atoms with E-state index in [1.807, 2.05) is 0 Å². The molecule has 0 atom stereocenters. The molecule has 1 aliphatic rings. The zero-order valence-electron chi connectivity index (χ0n) is 5.78. The zero-order valence-corrected chi connectivity index (χ0v) is 6.60. The number of aromatic nitrogens is 2. The molecule has 4 heteroatoms. The van der Waals surface area contributed by atoms with Crippen LogP contribution in [0.2, 0.25) is 0 Å². The van der Waals surface area contributed by atoms with Crippen LogP contribution in [0, 0.1) is 0 Å². The predicted octanol–water partition coefficient (Wildman–Crippen LogP) is 0.906. The molecule has 1 aliphatic heterocycles. The summed E-state index contributed by atoms with van der Waals surface area (Å²) < 4.78 is 0. The highest BCUT2D eigenvalue weighted by molar-refractivity contribution is 7.99. The van der Waals surface area contributed by atoms with Gasteiger partial charge in [-0.15, -0.1) is 11.8 Å². The molecule has 3 nitrogen and oxygen atoms in total. The van der Waals surface area contributed by atoms with Crippen LogP contribution in [-0.4, -0.2) is 21.5 Å². The van der Waals surface area contributed by atoms with Gasteiger partial charge in [0.25, 0.3) is 0 Å². The number of carbonyl (C=O) groups is 1. The number of rotatable bonds is 0. The maximum atomic E-state index is 11.2. The number of Topliss-reactive ketones (excluding diaryl/α,β-unsaturated/α-hetero) is 1. The molecule has 0 radical (unpaired) electrons. The average Bonchev–Trinajstić information content (AvgIpc) is 2.06. The van der Waals surface area contributed by atoms with Gasteiger partial charge in [-0.1, -0.05) is 0 Å². The lowest BCUT2D eigenvalue weighted by atomic mass is 10.2. The molecule has 2 heterocycles. The van der Waals surface area contributed by atoms with Crippen molar-refractivity contribution in [1.82, 2.24) is 9.97 Å². The molecule has 0 aliphatic carbocycles. The van der Waals surface area contributed by atoms with E-state index in [1.165, 1.54) is 6.33 Å². The van der Waals surface area contributed by atoms with Gasteiger partial charge < -0.3 is 0 Å². The topological polar surface area (TPSA) is 42.9 Å². The van der Waals surface area contributed by atoms with E-state index >= 15 is 0 Å². The molecular formula is C7H6N2OS. The highest BCUT2D eigenvalue weighted by Crippen LogP contribution is 2.21. The van der Waals surface area contributed by atoms with Gasteiger partial charge in [0.1, 0.15) is 6.33 Å². The number of nitrogens with zero attached hydrogens (tertiary/aromatic N) is 2. The van der Waals surface area contributed by atoms with Gasteiger partial charge in [-0.05, 0) is 0 Å². The van der Waals surface area contributed by atoms with E-state index in [4.69, 9.17) is 0 Å². The Balaban J connectivity index is 2.52. The summed E-state index contributed by atoms with van der Waals surface area (Å²) in [5, 5.41) is 0. The van der Waals surface area contributed by atoms with Gasteiger partial charge in [-0.2, -0.15) is 0 Å².